The summed E-state index contributed by atoms with van der Waals surface area (Å²) in [5.41, 5.74) is 2.63. The SMILES string of the molecule is CC#Cc1cccc2c1CN(C1CCC(=O)NC1=O)C2O. The first-order valence-electron chi connectivity index (χ1n) is 6.94. The highest BCUT2D eigenvalue weighted by atomic mass is 16.3. The van der Waals surface area contributed by atoms with E-state index in [1.54, 1.807) is 11.8 Å². The third-order valence-electron chi connectivity index (χ3n) is 4.02. The third-order valence-corrected chi connectivity index (χ3v) is 4.02. The lowest BCUT2D eigenvalue weighted by Gasteiger charge is -2.31. The van der Waals surface area contributed by atoms with Gasteiger partial charge in [0, 0.05) is 24.1 Å². The molecule has 3 rings (SSSR count). The van der Waals surface area contributed by atoms with Crippen molar-refractivity contribution in [1.82, 2.24) is 10.2 Å². The summed E-state index contributed by atoms with van der Waals surface area (Å²) in [7, 11) is 0. The molecule has 5 heteroatoms. The number of aliphatic hydroxyl groups excluding tert-OH is 1. The highest BCUT2D eigenvalue weighted by molar-refractivity contribution is 6.00. The lowest BCUT2D eigenvalue weighted by Crippen LogP contribution is -2.51. The second-order valence-corrected chi connectivity index (χ2v) is 5.26. The standard InChI is InChI=1S/C16H16N2O3/c1-2-4-10-5-3-6-11-12(10)9-18(16(11)21)13-7-8-14(19)17-15(13)20/h3,5-6,13,16,21H,7-9H2,1H3,(H,17,19,20). The molecule has 1 saturated heterocycles. The molecule has 0 aromatic heterocycles. The van der Waals surface area contributed by atoms with Crippen molar-refractivity contribution in [2.24, 2.45) is 0 Å². The van der Waals surface area contributed by atoms with Crippen LogP contribution in [0.5, 0.6) is 0 Å². The van der Waals surface area contributed by atoms with Gasteiger partial charge in [-0.3, -0.25) is 19.8 Å². The van der Waals surface area contributed by atoms with Crippen molar-refractivity contribution < 1.29 is 14.7 Å². The summed E-state index contributed by atoms with van der Waals surface area (Å²) in [5, 5.41) is 12.8. The quantitative estimate of drug-likeness (QED) is 0.587. The number of fused-ring (bicyclic) bond motifs is 1. The Bertz CT molecular complexity index is 672. The van der Waals surface area contributed by atoms with Crippen LogP contribution in [0.25, 0.3) is 0 Å². The number of aliphatic hydroxyl groups is 1. The molecular formula is C16H16N2O3. The van der Waals surface area contributed by atoms with Gasteiger partial charge in [-0.2, -0.15) is 0 Å². The number of rotatable bonds is 1. The summed E-state index contributed by atoms with van der Waals surface area (Å²) in [6, 6.07) is 5.14. The fourth-order valence-corrected chi connectivity index (χ4v) is 3.00. The van der Waals surface area contributed by atoms with Gasteiger partial charge < -0.3 is 5.11 Å². The minimum absolute atomic E-state index is 0.250. The molecule has 2 aliphatic rings. The summed E-state index contributed by atoms with van der Waals surface area (Å²) >= 11 is 0. The van der Waals surface area contributed by atoms with E-state index in [9.17, 15) is 14.7 Å². The van der Waals surface area contributed by atoms with Crippen LogP contribution in [-0.2, 0) is 16.1 Å². The molecule has 1 fully saturated rings. The summed E-state index contributed by atoms with van der Waals surface area (Å²) in [5.74, 6) is 5.31. The molecule has 0 radical (unpaired) electrons. The average molecular weight is 284 g/mol. The van der Waals surface area contributed by atoms with Gasteiger partial charge in [0.25, 0.3) is 0 Å². The van der Waals surface area contributed by atoms with Gasteiger partial charge in [0.15, 0.2) is 0 Å². The Balaban J connectivity index is 1.91. The number of nitrogens with zero attached hydrogens (tertiary/aromatic N) is 1. The van der Waals surface area contributed by atoms with Gasteiger partial charge in [0.2, 0.25) is 11.8 Å². The number of nitrogens with one attached hydrogen (secondary N) is 1. The Morgan fingerprint density at radius 1 is 1.38 bits per heavy atom. The number of piperidine rings is 1. The van der Waals surface area contributed by atoms with Gasteiger partial charge in [-0.05, 0) is 25.0 Å². The van der Waals surface area contributed by atoms with Gasteiger partial charge in [0.1, 0.15) is 6.23 Å². The number of amides is 2. The summed E-state index contributed by atoms with van der Waals surface area (Å²) in [6.45, 7) is 2.23. The zero-order valence-electron chi connectivity index (χ0n) is 11.7. The topological polar surface area (TPSA) is 69.6 Å². The molecule has 2 aliphatic heterocycles. The number of imide groups is 1. The largest absolute Gasteiger partial charge is 0.374 e. The van der Waals surface area contributed by atoms with E-state index in [2.05, 4.69) is 17.2 Å². The van der Waals surface area contributed by atoms with Crippen molar-refractivity contribution in [3.63, 3.8) is 0 Å². The lowest BCUT2D eigenvalue weighted by atomic mass is 10.0. The highest BCUT2D eigenvalue weighted by Crippen LogP contribution is 2.36. The molecule has 0 saturated carbocycles. The van der Waals surface area contributed by atoms with Crippen LogP contribution in [0.1, 0.15) is 42.7 Å². The van der Waals surface area contributed by atoms with Crippen LogP contribution >= 0.6 is 0 Å². The predicted molar refractivity (Wildman–Crippen MR) is 75.7 cm³/mol. The van der Waals surface area contributed by atoms with E-state index >= 15 is 0 Å². The van der Waals surface area contributed by atoms with Gasteiger partial charge >= 0.3 is 0 Å². The molecule has 2 N–H and O–H groups in total. The fourth-order valence-electron chi connectivity index (χ4n) is 3.00. The molecule has 0 bridgehead atoms. The van der Waals surface area contributed by atoms with Crippen LogP contribution in [0.4, 0.5) is 0 Å². The molecule has 2 atom stereocenters. The molecule has 0 aliphatic carbocycles. The fraction of sp³-hybridized carbons (Fsp3) is 0.375. The molecule has 108 valence electrons. The van der Waals surface area contributed by atoms with Gasteiger partial charge in [-0.25, -0.2) is 0 Å². The molecule has 2 amide bonds. The third kappa shape index (κ3) is 2.33. The van der Waals surface area contributed by atoms with Crippen LogP contribution in [0.15, 0.2) is 18.2 Å². The minimum atomic E-state index is -0.831. The van der Waals surface area contributed by atoms with Crippen LogP contribution in [0.3, 0.4) is 0 Å². The molecular weight excluding hydrogens is 268 g/mol. The van der Waals surface area contributed by atoms with Crippen molar-refractivity contribution in [1.29, 1.82) is 0 Å². The lowest BCUT2D eigenvalue weighted by molar-refractivity contribution is -0.141. The van der Waals surface area contributed by atoms with Crippen molar-refractivity contribution in [3.8, 4) is 11.8 Å². The molecule has 1 aromatic carbocycles. The highest BCUT2D eigenvalue weighted by Gasteiger charge is 2.40. The predicted octanol–water partition coefficient (Wildman–Crippen LogP) is 0.670. The number of benzene rings is 1. The smallest absolute Gasteiger partial charge is 0.244 e. The first kappa shape index (κ1) is 13.8. The second kappa shape index (κ2) is 5.32. The van der Waals surface area contributed by atoms with Crippen molar-refractivity contribution in [2.45, 2.75) is 38.6 Å². The van der Waals surface area contributed by atoms with E-state index in [1.165, 1.54) is 0 Å². The molecule has 5 nitrogen and oxygen atoms in total. The van der Waals surface area contributed by atoms with Crippen LogP contribution in [0.2, 0.25) is 0 Å². The Hall–Kier alpha value is -2.16. The Morgan fingerprint density at radius 2 is 2.19 bits per heavy atom. The Kier molecular flexibility index (Phi) is 3.50. The molecule has 0 spiro atoms. The number of hydrogen-bond acceptors (Lipinski definition) is 4. The first-order valence-corrected chi connectivity index (χ1v) is 6.94. The van der Waals surface area contributed by atoms with Gasteiger partial charge in [0.05, 0.1) is 6.04 Å². The van der Waals surface area contributed by atoms with E-state index < -0.39 is 12.3 Å². The maximum atomic E-state index is 12.0. The van der Waals surface area contributed by atoms with E-state index in [4.69, 9.17) is 0 Å². The van der Waals surface area contributed by atoms with E-state index in [1.807, 2.05) is 18.2 Å². The summed E-state index contributed by atoms with van der Waals surface area (Å²) < 4.78 is 0. The van der Waals surface area contributed by atoms with Crippen molar-refractivity contribution in [2.75, 3.05) is 0 Å². The molecule has 1 aromatic rings. The number of carbonyl (C=O) groups is 2. The monoisotopic (exact) mass is 284 g/mol. The van der Waals surface area contributed by atoms with Crippen LogP contribution in [0, 0.1) is 11.8 Å². The maximum absolute atomic E-state index is 12.0. The van der Waals surface area contributed by atoms with Crippen molar-refractivity contribution >= 4 is 11.8 Å². The van der Waals surface area contributed by atoms with E-state index in [0.717, 1.165) is 16.7 Å². The Morgan fingerprint density at radius 3 is 2.90 bits per heavy atom. The van der Waals surface area contributed by atoms with Gasteiger partial charge in [-0.1, -0.05) is 18.1 Å². The van der Waals surface area contributed by atoms with Crippen LogP contribution < -0.4 is 5.32 Å². The molecule has 2 unspecified atom stereocenters. The average Bonchev–Trinajstić information content (AvgIpc) is 2.78. The maximum Gasteiger partial charge on any atom is 0.244 e. The van der Waals surface area contributed by atoms with E-state index in [-0.39, 0.29) is 11.8 Å². The zero-order valence-corrected chi connectivity index (χ0v) is 11.7. The number of hydrogen-bond donors (Lipinski definition) is 2. The number of carbonyl (C=O) groups excluding carboxylic acids is 2. The summed E-state index contributed by atoms with van der Waals surface area (Å²) in [6.07, 6.45) is -0.0928. The van der Waals surface area contributed by atoms with Gasteiger partial charge in [-0.15, -0.1) is 5.92 Å². The van der Waals surface area contributed by atoms with Crippen molar-refractivity contribution in [3.05, 3.63) is 34.9 Å². The first-order chi connectivity index (χ1) is 10.1. The normalized spacial score (nSPS) is 25.0. The second-order valence-electron chi connectivity index (χ2n) is 5.26. The molecule has 21 heavy (non-hydrogen) atoms. The molecule has 2 heterocycles. The zero-order chi connectivity index (χ0) is 15.0. The van der Waals surface area contributed by atoms with E-state index in [0.29, 0.717) is 19.4 Å². The summed E-state index contributed by atoms with van der Waals surface area (Å²) in [4.78, 5) is 25.0. The Labute approximate surface area is 122 Å². The minimum Gasteiger partial charge on any atom is -0.374 e. The van der Waals surface area contributed by atoms with Crippen LogP contribution in [-0.4, -0.2) is 27.9 Å².